The van der Waals surface area contributed by atoms with Crippen molar-refractivity contribution in [2.24, 2.45) is 45.3 Å². The van der Waals surface area contributed by atoms with E-state index in [0.717, 1.165) is 4.90 Å². The Balaban J connectivity index is 1.58. The van der Waals surface area contributed by atoms with Crippen LogP contribution in [-0.4, -0.2) is 202 Å². The molecule has 0 saturated carbocycles. The molecule has 2 aromatic rings. The number of carbonyl (C=O) groups is 13. The Morgan fingerprint density at radius 1 is 0.549 bits per heavy atom. The fourth-order valence-corrected chi connectivity index (χ4v) is 10.3. The summed E-state index contributed by atoms with van der Waals surface area (Å²) in [6.45, 7) is 5.41. The maximum absolute atomic E-state index is 14.7. The molecule has 0 radical (unpaired) electrons. The molecule has 13 amide bonds. The van der Waals surface area contributed by atoms with Crippen LogP contribution in [-0.2, 0) is 75.2 Å². The lowest BCUT2D eigenvalue weighted by Crippen LogP contribution is -2.61. The first-order valence-electron chi connectivity index (χ1n) is 30.1. The van der Waals surface area contributed by atoms with Crippen LogP contribution >= 0.6 is 0 Å². The normalized spacial score (nSPS) is 17.8. The number of primary amides is 3. The van der Waals surface area contributed by atoms with Crippen LogP contribution in [0.5, 0.6) is 0 Å². The topological polar surface area (TPSA) is 534 Å². The van der Waals surface area contributed by atoms with Gasteiger partial charge in [0.15, 0.2) is 5.96 Å². The lowest BCUT2D eigenvalue weighted by atomic mass is 10.0. The molecule has 2 heterocycles. The number of hydrogen-bond acceptors (Lipinski definition) is 17. The van der Waals surface area contributed by atoms with E-state index in [9.17, 15) is 72.5 Å². The van der Waals surface area contributed by atoms with Gasteiger partial charge in [0.2, 0.25) is 76.8 Å². The van der Waals surface area contributed by atoms with Gasteiger partial charge in [-0.05, 0) is 82.3 Å². The third-order valence-electron chi connectivity index (χ3n) is 15.1. The van der Waals surface area contributed by atoms with Crippen molar-refractivity contribution < 1.29 is 72.5 Å². The molecule has 2 saturated heterocycles. The molecule has 2 aromatic carbocycles. The Morgan fingerprint density at radius 3 is 1.51 bits per heavy atom. The molecule has 0 aromatic heterocycles. The summed E-state index contributed by atoms with van der Waals surface area (Å²) in [4.78, 5) is 183. The summed E-state index contributed by atoms with van der Waals surface area (Å²) in [5.74, 6) is -11.9. The van der Waals surface area contributed by atoms with Crippen LogP contribution in [0.3, 0.4) is 0 Å². The van der Waals surface area contributed by atoms with Gasteiger partial charge in [0.1, 0.15) is 60.4 Å². The van der Waals surface area contributed by atoms with Gasteiger partial charge in [0.25, 0.3) is 0 Å². The Bertz CT molecular complexity index is 2910. The zero-order valence-corrected chi connectivity index (χ0v) is 51.6. The first-order chi connectivity index (χ1) is 43.0. The number of rotatable bonds is 36. The second kappa shape index (κ2) is 36.4. The van der Waals surface area contributed by atoms with E-state index in [1.165, 1.54) is 18.7 Å². The maximum atomic E-state index is 14.7. The van der Waals surface area contributed by atoms with Crippen molar-refractivity contribution in [2.75, 3.05) is 26.2 Å². The predicted molar refractivity (Wildman–Crippen MR) is 328 cm³/mol. The van der Waals surface area contributed by atoms with E-state index in [1.54, 1.807) is 60.7 Å². The van der Waals surface area contributed by atoms with Crippen LogP contribution in [0.2, 0.25) is 0 Å². The van der Waals surface area contributed by atoms with Crippen molar-refractivity contribution in [3.05, 3.63) is 71.8 Å². The summed E-state index contributed by atoms with van der Waals surface area (Å²) in [6.07, 6.45) is -3.92. The molecule has 500 valence electrons. The maximum Gasteiger partial charge on any atom is 0.245 e. The Morgan fingerprint density at radius 2 is 1.03 bits per heavy atom. The molecule has 2 aliphatic heterocycles. The molecule has 0 aliphatic carbocycles. The number of nitrogens with zero attached hydrogens (tertiary/aromatic N) is 3. The van der Waals surface area contributed by atoms with E-state index < -0.39 is 169 Å². The second-order valence-electron chi connectivity index (χ2n) is 23.1. The van der Waals surface area contributed by atoms with E-state index >= 15 is 0 Å². The van der Waals surface area contributed by atoms with Gasteiger partial charge in [-0.15, -0.1) is 0 Å². The number of amides is 13. The number of aliphatic hydroxyl groups is 2. The highest BCUT2D eigenvalue weighted by atomic mass is 16.3. The lowest BCUT2D eigenvalue weighted by molar-refractivity contribution is -0.145. The number of aliphatic hydroxyl groups excluding tert-OH is 2. The molecule has 0 bridgehead atoms. The largest absolute Gasteiger partial charge is 0.391 e. The van der Waals surface area contributed by atoms with Crippen LogP contribution in [0.25, 0.3) is 0 Å². The second-order valence-corrected chi connectivity index (χ2v) is 23.1. The van der Waals surface area contributed by atoms with Gasteiger partial charge in [-0.25, -0.2) is 0 Å². The summed E-state index contributed by atoms with van der Waals surface area (Å²) in [7, 11) is 0. The number of guanidine groups is 1. The number of nitrogens with two attached hydrogens (primary N) is 6. The van der Waals surface area contributed by atoms with Crippen LogP contribution < -0.4 is 76.9 Å². The van der Waals surface area contributed by atoms with Crippen molar-refractivity contribution in [2.45, 2.75) is 177 Å². The Kier molecular flexibility index (Phi) is 29.7. The monoisotopic (exact) mass is 1280 g/mol. The summed E-state index contributed by atoms with van der Waals surface area (Å²) in [5, 5.41) is 40.5. The minimum atomic E-state index is -1.75. The van der Waals surface area contributed by atoms with Crippen LogP contribution in [0.1, 0.15) is 103 Å². The van der Waals surface area contributed by atoms with Gasteiger partial charge in [0, 0.05) is 38.9 Å². The zero-order chi connectivity index (χ0) is 67.6. The quantitative estimate of drug-likeness (QED) is 0.0171. The van der Waals surface area contributed by atoms with Gasteiger partial charge in [-0.1, -0.05) is 74.5 Å². The van der Waals surface area contributed by atoms with Gasteiger partial charge in [0.05, 0.1) is 25.2 Å². The van der Waals surface area contributed by atoms with Crippen molar-refractivity contribution in [1.82, 2.24) is 52.3 Å². The third-order valence-corrected chi connectivity index (χ3v) is 15.1. The van der Waals surface area contributed by atoms with Crippen LogP contribution in [0, 0.1) is 5.92 Å². The Labute approximate surface area is 526 Å². The number of nitrogens with one attached hydrogen (secondary N) is 8. The van der Waals surface area contributed by atoms with E-state index in [2.05, 4.69) is 47.5 Å². The van der Waals surface area contributed by atoms with Crippen LogP contribution in [0.15, 0.2) is 65.7 Å². The predicted octanol–water partition coefficient (Wildman–Crippen LogP) is -6.22. The average Bonchev–Trinajstić information content (AvgIpc) is 1.80. The zero-order valence-electron chi connectivity index (χ0n) is 51.6. The molecule has 32 heteroatoms. The SMILES string of the molecule is CC(C)C[C@H](NC(=O)CNC(=O)[C@H](Cc1ccccc1)NC(=O)[C@H](CC(N)=O)NC(=O)[C@H](Cc1ccccc1)NC(=O)[C@@H]1CCCN1C(=O)[C@H](CCC(N)=O)NC(=O)[C@@H]1CCCN1C(=O)[C@H](CCCN=C(N)N)NC(=O)[C@@H](NC(=O)[C@@H](N)[C@@H](C)O)[C@@H](C)O)C(N)=O. The Hall–Kier alpha value is -9.30. The molecule has 91 heavy (non-hydrogen) atoms. The van der Waals surface area contributed by atoms with Gasteiger partial charge < -0.3 is 96.9 Å². The highest BCUT2D eigenvalue weighted by molar-refractivity contribution is 6.00. The van der Waals surface area contributed by atoms with Crippen molar-refractivity contribution >= 4 is 82.8 Å². The highest BCUT2D eigenvalue weighted by Gasteiger charge is 2.43. The third kappa shape index (κ3) is 24.2. The van der Waals surface area contributed by atoms with Gasteiger partial charge in [-0.2, -0.15) is 0 Å². The first kappa shape index (κ1) is 74.2. The molecule has 4 rings (SSSR count). The molecule has 32 nitrogen and oxygen atoms in total. The van der Waals surface area contributed by atoms with Crippen molar-refractivity contribution in [1.29, 1.82) is 0 Å². The van der Waals surface area contributed by atoms with Crippen molar-refractivity contribution in [3.63, 3.8) is 0 Å². The molecule has 2 aliphatic rings. The van der Waals surface area contributed by atoms with E-state index in [0.29, 0.717) is 11.1 Å². The van der Waals surface area contributed by atoms with Gasteiger partial charge in [-0.3, -0.25) is 67.3 Å². The summed E-state index contributed by atoms with van der Waals surface area (Å²) >= 11 is 0. The number of benzene rings is 2. The highest BCUT2D eigenvalue weighted by Crippen LogP contribution is 2.24. The molecule has 22 N–H and O–H groups in total. The molecular weight excluding hydrogens is 1190 g/mol. The fraction of sp³-hybridized carbons (Fsp3) is 0.559. The fourth-order valence-electron chi connectivity index (χ4n) is 10.3. The van der Waals surface area contributed by atoms with E-state index in [-0.39, 0.29) is 95.7 Å². The lowest BCUT2D eigenvalue weighted by Gasteiger charge is -2.32. The van der Waals surface area contributed by atoms with Crippen LogP contribution in [0.4, 0.5) is 0 Å². The standard InChI is InChI=1S/C59H89N17O15/c1-31(2)26-38(49(63)82)68-46(81)30-67-50(83)39(27-34-14-7-5-8-15-34)71-52(85)41(29-45(61)80)72-51(84)40(28-35-16-9-6-10-17-35)73-54(87)43-20-13-25-76(43)58(91)37(21-22-44(60)79)69-53(86)42-19-12-24-75(42)57(90)36(18-11-23-66-59(64)65)70-56(89)48(33(4)78)74-55(88)47(62)32(3)77/h5-10,14-17,31-33,36-43,47-48,77-78H,11-13,18-30,62H2,1-4H3,(H2,60,79)(H2,61,80)(H2,63,82)(H,67,83)(H,68,81)(H,69,86)(H,70,89)(H,71,85)(H,72,84)(H,73,87)(H,74,88)(H4,64,65,66)/t32-,33-,36+,37+,38+,39+,40+,41+,42+,43+,47+,48+/m1/s1. The van der Waals surface area contributed by atoms with Gasteiger partial charge >= 0.3 is 0 Å². The number of likely N-dealkylation sites (tertiary alicyclic amines) is 2. The molecule has 0 spiro atoms. The van der Waals surface area contributed by atoms with E-state index in [4.69, 9.17) is 34.4 Å². The summed E-state index contributed by atoms with van der Waals surface area (Å²) in [5.41, 5.74) is 34.4. The average molecular weight is 1280 g/mol. The van der Waals surface area contributed by atoms with E-state index in [1.807, 2.05) is 13.8 Å². The number of carbonyl (C=O) groups excluding carboxylic acids is 13. The first-order valence-corrected chi connectivity index (χ1v) is 30.1. The molecular formula is C59H89N17O15. The summed E-state index contributed by atoms with van der Waals surface area (Å²) in [6, 6.07) is 2.42. The number of hydrogen-bond donors (Lipinski definition) is 16. The molecule has 12 atom stereocenters. The minimum absolute atomic E-state index is 0.00883. The molecule has 0 unspecified atom stereocenters. The molecule has 2 fully saturated rings. The smallest absolute Gasteiger partial charge is 0.245 e. The van der Waals surface area contributed by atoms with Crippen molar-refractivity contribution in [3.8, 4) is 0 Å². The summed E-state index contributed by atoms with van der Waals surface area (Å²) < 4.78 is 0. The minimum Gasteiger partial charge on any atom is -0.391 e. The number of aliphatic imine (C=N–C) groups is 1.